The van der Waals surface area contributed by atoms with Gasteiger partial charge in [-0.2, -0.15) is 10.4 Å². The lowest BCUT2D eigenvalue weighted by Crippen LogP contribution is -2.30. The Hall–Kier alpha value is -2.35. The van der Waals surface area contributed by atoms with Gasteiger partial charge in [-0.15, -0.1) is 0 Å². The van der Waals surface area contributed by atoms with Crippen molar-refractivity contribution in [1.82, 2.24) is 14.8 Å². The highest BCUT2D eigenvalue weighted by Crippen LogP contribution is 2.19. The van der Waals surface area contributed by atoms with Gasteiger partial charge >= 0.3 is 0 Å². The van der Waals surface area contributed by atoms with Gasteiger partial charge in [0.15, 0.2) is 0 Å². The number of hydrogen-bond acceptors (Lipinski definition) is 4. The smallest absolute Gasteiger partial charge is 0.144 e. The fraction of sp³-hybridized carbons (Fsp3) is 0.308. The standard InChI is InChI=1S/C13H13N5/c14-9-10-2-1-5-15-13(10)17-11-4-7-18-12(8-11)3-6-16-18/h1-3,5-6,11H,4,7-8H2,(H,15,17). The highest BCUT2D eigenvalue weighted by Gasteiger charge is 2.19. The quantitative estimate of drug-likeness (QED) is 0.864. The summed E-state index contributed by atoms with van der Waals surface area (Å²) in [6, 6.07) is 8.07. The third-order valence-corrected chi connectivity index (χ3v) is 3.22. The zero-order chi connectivity index (χ0) is 12.4. The molecule has 0 saturated carbocycles. The van der Waals surface area contributed by atoms with Gasteiger partial charge in [-0.25, -0.2) is 4.98 Å². The van der Waals surface area contributed by atoms with Crippen LogP contribution in [-0.4, -0.2) is 20.8 Å². The maximum absolute atomic E-state index is 9.03. The summed E-state index contributed by atoms with van der Waals surface area (Å²) in [4.78, 5) is 4.23. The van der Waals surface area contributed by atoms with Gasteiger partial charge in [0.25, 0.3) is 0 Å². The first-order chi connectivity index (χ1) is 8.86. The van der Waals surface area contributed by atoms with Gasteiger partial charge in [-0.3, -0.25) is 4.68 Å². The van der Waals surface area contributed by atoms with Gasteiger partial charge in [0.1, 0.15) is 11.9 Å². The Morgan fingerprint density at radius 3 is 3.22 bits per heavy atom. The van der Waals surface area contributed by atoms with E-state index in [0.29, 0.717) is 17.4 Å². The number of pyridine rings is 1. The molecule has 90 valence electrons. The van der Waals surface area contributed by atoms with E-state index in [0.717, 1.165) is 19.4 Å². The number of aromatic nitrogens is 3. The molecule has 2 aromatic rings. The van der Waals surface area contributed by atoms with Crippen LogP contribution in [-0.2, 0) is 13.0 Å². The SMILES string of the molecule is N#Cc1cccnc1NC1CCn2nccc2C1. The molecule has 0 spiro atoms. The second-order valence-corrected chi connectivity index (χ2v) is 4.39. The summed E-state index contributed by atoms with van der Waals surface area (Å²) in [7, 11) is 0. The molecule has 5 heteroatoms. The van der Waals surface area contributed by atoms with Crippen LogP contribution in [0.25, 0.3) is 0 Å². The number of nitrogens with one attached hydrogen (secondary N) is 1. The maximum atomic E-state index is 9.03. The summed E-state index contributed by atoms with van der Waals surface area (Å²) in [6.45, 7) is 0.911. The van der Waals surface area contributed by atoms with Crippen molar-refractivity contribution in [3.8, 4) is 6.07 Å². The molecule has 1 atom stereocenters. The Morgan fingerprint density at radius 2 is 2.33 bits per heavy atom. The van der Waals surface area contributed by atoms with Crippen molar-refractivity contribution in [2.24, 2.45) is 0 Å². The molecule has 0 radical (unpaired) electrons. The van der Waals surface area contributed by atoms with E-state index in [-0.39, 0.29) is 0 Å². The van der Waals surface area contributed by atoms with Crippen molar-refractivity contribution in [2.45, 2.75) is 25.4 Å². The minimum Gasteiger partial charge on any atom is -0.366 e. The van der Waals surface area contributed by atoms with Crippen LogP contribution in [0.15, 0.2) is 30.6 Å². The summed E-state index contributed by atoms with van der Waals surface area (Å²) in [5.41, 5.74) is 1.82. The van der Waals surface area contributed by atoms with Crippen LogP contribution < -0.4 is 5.32 Å². The first-order valence-electron chi connectivity index (χ1n) is 5.99. The first kappa shape index (κ1) is 10.8. The number of hydrogen-bond donors (Lipinski definition) is 1. The summed E-state index contributed by atoms with van der Waals surface area (Å²) >= 11 is 0. The number of nitriles is 1. The van der Waals surface area contributed by atoms with E-state index >= 15 is 0 Å². The Kier molecular flexibility index (Phi) is 2.69. The zero-order valence-electron chi connectivity index (χ0n) is 9.87. The van der Waals surface area contributed by atoms with E-state index in [1.54, 1.807) is 18.3 Å². The van der Waals surface area contributed by atoms with E-state index in [1.807, 2.05) is 16.9 Å². The van der Waals surface area contributed by atoms with Crippen molar-refractivity contribution < 1.29 is 0 Å². The van der Waals surface area contributed by atoms with Gasteiger partial charge in [0, 0.05) is 37.1 Å². The lowest BCUT2D eigenvalue weighted by molar-refractivity contribution is 0.455. The van der Waals surface area contributed by atoms with Gasteiger partial charge in [0.2, 0.25) is 0 Å². The largest absolute Gasteiger partial charge is 0.366 e. The second kappa shape index (κ2) is 4.49. The third kappa shape index (κ3) is 1.93. The maximum Gasteiger partial charge on any atom is 0.144 e. The molecule has 0 amide bonds. The lowest BCUT2D eigenvalue weighted by Gasteiger charge is -2.24. The number of nitrogens with zero attached hydrogens (tertiary/aromatic N) is 4. The summed E-state index contributed by atoms with van der Waals surface area (Å²) < 4.78 is 2.03. The van der Waals surface area contributed by atoms with E-state index in [4.69, 9.17) is 5.26 Å². The highest BCUT2D eigenvalue weighted by atomic mass is 15.3. The fourth-order valence-corrected chi connectivity index (χ4v) is 2.29. The van der Waals surface area contributed by atoms with Gasteiger partial charge in [-0.1, -0.05) is 0 Å². The molecule has 3 rings (SSSR count). The predicted molar refractivity (Wildman–Crippen MR) is 66.9 cm³/mol. The molecule has 0 aromatic carbocycles. The highest BCUT2D eigenvalue weighted by molar-refractivity contribution is 5.51. The van der Waals surface area contributed by atoms with Crippen LogP contribution in [0.1, 0.15) is 17.7 Å². The van der Waals surface area contributed by atoms with Gasteiger partial charge in [0.05, 0.1) is 5.56 Å². The van der Waals surface area contributed by atoms with Crippen molar-refractivity contribution >= 4 is 5.82 Å². The minimum absolute atomic E-state index is 0.316. The van der Waals surface area contributed by atoms with E-state index in [2.05, 4.69) is 21.5 Å². The summed E-state index contributed by atoms with van der Waals surface area (Å²) in [5.74, 6) is 0.679. The molecule has 2 aromatic heterocycles. The predicted octanol–water partition coefficient (Wildman–Crippen LogP) is 1.58. The molecule has 0 saturated heterocycles. The number of aryl methyl sites for hydroxylation is 1. The molecular weight excluding hydrogens is 226 g/mol. The monoisotopic (exact) mass is 239 g/mol. The first-order valence-corrected chi connectivity index (χ1v) is 5.99. The average Bonchev–Trinajstić information content (AvgIpc) is 2.87. The molecule has 1 aliphatic rings. The molecule has 1 aliphatic heterocycles. The van der Waals surface area contributed by atoms with Crippen LogP contribution in [0.2, 0.25) is 0 Å². The molecule has 0 aliphatic carbocycles. The number of rotatable bonds is 2. The lowest BCUT2D eigenvalue weighted by atomic mass is 10.0. The Labute approximate surface area is 105 Å². The zero-order valence-corrected chi connectivity index (χ0v) is 9.87. The van der Waals surface area contributed by atoms with Crippen LogP contribution in [0.5, 0.6) is 0 Å². The molecular formula is C13H13N5. The summed E-state index contributed by atoms with van der Waals surface area (Å²) in [6.07, 6.45) is 5.45. The van der Waals surface area contributed by atoms with Gasteiger partial charge in [-0.05, 0) is 24.6 Å². The van der Waals surface area contributed by atoms with E-state index in [1.165, 1.54) is 5.69 Å². The Balaban J connectivity index is 1.77. The van der Waals surface area contributed by atoms with Crippen LogP contribution >= 0.6 is 0 Å². The molecule has 3 heterocycles. The van der Waals surface area contributed by atoms with Crippen molar-refractivity contribution in [2.75, 3.05) is 5.32 Å². The average molecular weight is 239 g/mol. The number of fused-ring (bicyclic) bond motifs is 1. The molecule has 1 N–H and O–H groups in total. The molecule has 5 nitrogen and oxygen atoms in total. The van der Waals surface area contributed by atoms with E-state index in [9.17, 15) is 0 Å². The normalized spacial score (nSPS) is 17.8. The van der Waals surface area contributed by atoms with Crippen molar-refractivity contribution in [3.63, 3.8) is 0 Å². The molecule has 0 fully saturated rings. The minimum atomic E-state index is 0.316. The fourth-order valence-electron chi connectivity index (χ4n) is 2.29. The topological polar surface area (TPSA) is 66.5 Å². The van der Waals surface area contributed by atoms with Crippen molar-refractivity contribution in [1.29, 1.82) is 5.26 Å². The van der Waals surface area contributed by atoms with Crippen LogP contribution in [0.3, 0.4) is 0 Å². The van der Waals surface area contributed by atoms with Crippen LogP contribution in [0, 0.1) is 11.3 Å². The third-order valence-electron chi connectivity index (χ3n) is 3.22. The molecule has 0 bridgehead atoms. The molecule has 18 heavy (non-hydrogen) atoms. The summed E-state index contributed by atoms with van der Waals surface area (Å²) in [5, 5.41) is 16.6. The molecule has 1 unspecified atom stereocenters. The Bertz CT molecular complexity index is 595. The second-order valence-electron chi connectivity index (χ2n) is 4.39. The Morgan fingerprint density at radius 1 is 1.39 bits per heavy atom. The van der Waals surface area contributed by atoms with E-state index < -0.39 is 0 Å². The van der Waals surface area contributed by atoms with Crippen molar-refractivity contribution in [3.05, 3.63) is 41.9 Å². The van der Waals surface area contributed by atoms with Crippen LogP contribution in [0.4, 0.5) is 5.82 Å². The number of anilines is 1. The van der Waals surface area contributed by atoms with Gasteiger partial charge < -0.3 is 5.32 Å².